The second-order valence-electron chi connectivity index (χ2n) is 7.57. The summed E-state index contributed by atoms with van der Waals surface area (Å²) in [5.74, 6) is -1.17. The summed E-state index contributed by atoms with van der Waals surface area (Å²) in [6, 6.07) is 8.20. The highest BCUT2D eigenvalue weighted by Gasteiger charge is 2.52. The third-order valence-electron chi connectivity index (χ3n) is 5.38. The molecule has 1 heterocycles. The monoisotopic (exact) mass is 387 g/mol. The van der Waals surface area contributed by atoms with Crippen molar-refractivity contribution in [2.45, 2.75) is 51.2 Å². The van der Waals surface area contributed by atoms with E-state index in [0.29, 0.717) is 24.4 Å². The maximum absolute atomic E-state index is 12.8. The number of rotatable bonds is 5. The second-order valence-corrected chi connectivity index (χ2v) is 7.57. The average molecular weight is 387 g/mol. The molecule has 8 nitrogen and oxygen atoms in total. The molecule has 4 amide bonds. The molecule has 2 fully saturated rings. The summed E-state index contributed by atoms with van der Waals surface area (Å²) in [6.45, 7) is 3.04. The van der Waals surface area contributed by atoms with Crippen LogP contribution in [0.2, 0.25) is 0 Å². The number of hydrogen-bond acceptors (Lipinski definition) is 5. The van der Waals surface area contributed by atoms with Gasteiger partial charge in [0.2, 0.25) is 0 Å². The lowest BCUT2D eigenvalue weighted by atomic mass is 9.77. The number of anilines is 1. The van der Waals surface area contributed by atoms with E-state index in [-0.39, 0.29) is 5.91 Å². The lowest BCUT2D eigenvalue weighted by molar-refractivity contribution is -0.155. The lowest BCUT2D eigenvalue weighted by Crippen LogP contribution is -2.49. The summed E-state index contributed by atoms with van der Waals surface area (Å²) in [6.07, 6.45) is 1.78. The first-order chi connectivity index (χ1) is 13.3. The van der Waals surface area contributed by atoms with Gasteiger partial charge in [0.25, 0.3) is 11.8 Å². The number of hydrogen-bond donors (Lipinski definition) is 2. The van der Waals surface area contributed by atoms with Gasteiger partial charge in [-0.15, -0.1) is 0 Å². The van der Waals surface area contributed by atoms with Gasteiger partial charge in [-0.2, -0.15) is 0 Å². The molecule has 1 aliphatic heterocycles. The molecule has 0 unspecified atom stereocenters. The number of ether oxygens (including phenoxy) is 1. The van der Waals surface area contributed by atoms with Crippen LogP contribution in [-0.2, 0) is 19.1 Å². The van der Waals surface area contributed by atoms with Crippen molar-refractivity contribution in [1.29, 1.82) is 0 Å². The molecule has 0 radical (unpaired) electrons. The Morgan fingerprint density at radius 1 is 1.25 bits per heavy atom. The van der Waals surface area contributed by atoms with Gasteiger partial charge in [0, 0.05) is 5.69 Å². The van der Waals surface area contributed by atoms with Crippen LogP contribution in [0, 0.1) is 5.92 Å². The van der Waals surface area contributed by atoms with E-state index in [4.69, 9.17) is 4.74 Å². The molecule has 1 atom stereocenters. The van der Waals surface area contributed by atoms with Crippen LogP contribution in [0.1, 0.15) is 39.5 Å². The minimum atomic E-state index is -1.06. The topological polar surface area (TPSA) is 105 Å². The Labute approximate surface area is 163 Å². The number of amides is 4. The number of benzene rings is 1. The molecule has 0 bridgehead atoms. The zero-order chi connectivity index (χ0) is 20.3. The Bertz CT molecular complexity index is 771. The second kappa shape index (κ2) is 8.00. The van der Waals surface area contributed by atoms with E-state index in [2.05, 4.69) is 17.6 Å². The van der Waals surface area contributed by atoms with E-state index < -0.39 is 36.1 Å². The highest BCUT2D eigenvalue weighted by Crippen LogP contribution is 2.36. The Kier molecular flexibility index (Phi) is 5.67. The molecule has 2 N–H and O–H groups in total. The van der Waals surface area contributed by atoms with Crippen molar-refractivity contribution in [2.75, 3.05) is 11.9 Å². The van der Waals surface area contributed by atoms with E-state index in [9.17, 15) is 19.2 Å². The van der Waals surface area contributed by atoms with E-state index in [1.807, 2.05) is 6.07 Å². The van der Waals surface area contributed by atoms with Crippen LogP contribution in [0.15, 0.2) is 30.3 Å². The maximum Gasteiger partial charge on any atom is 0.327 e. The Hall–Kier alpha value is -2.90. The van der Waals surface area contributed by atoms with Crippen LogP contribution in [0.5, 0.6) is 0 Å². The molecule has 1 aliphatic carbocycles. The Balaban J connectivity index is 1.55. The van der Waals surface area contributed by atoms with Gasteiger partial charge < -0.3 is 15.4 Å². The van der Waals surface area contributed by atoms with E-state index in [0.717, 1.165) is 17.7 Å². The number of para-hydroxylation sites is 1. The zero-order valence-electron chi connectivity index (χ0n) is 16.1. The molecule has 28 heavy (non-hydrogen) atoms. The van der Waals surface area contributed by atoms with E-state index in [1.54, 1.807) is 24.3 Å². The first-order valence-electron chi connectivity index (χ1n) is 9.50. The third-order valence-corrected chi connectivity index (χ3v) is 5.38. The van der Waals surface area contributed by atoms with Crippen molar-refractivity contribution in [3.8, 4) is 0 Å². The molecule has 1 saturated heterocycles. The average Bonchev–Trinajstić information content (AvgIpc) is 2.89. The van der Waals surface area contributed by atoms with Crippen molar-refractivity contribution < 1.29 is 23.9 Å². The summed E-state index contributed by atoms with van der Waals surface area (Å²) in [7, 11) is 0. The van der Waals surface area contributed by atoms with Gasteiger partial charge in [-0.1, -0.05) is 25.1 Å². The fourth-order valence-electron chi connectivity index (χ4n) is 3.60. The molecule has 150 valence electrons. The van der Waals surface area contributed by atoms with Crippen molar-refractivity contribution >= 4 is 29.5 Å². The zero-order valence-corrected chi connectivity index (χ0v) is 16.1. The standard InChI is InChI=1S/C20H25N3O5/c1-13-8-10-20(11-9-13)18(26)23(19(27)22-20)12-16(24)28-14(2)17(25)21-15-6-4-3-5-7-15/h3-7,13-14H,8-12H2,1-2H3,(H,21,25)(H,22,27)/t13?,14-,20?/m0/s1. The fourth-order valence-corrected chi connectivity index (χ4v) is 3.60. The highest BCUT2D eigenvalue weighted by molar-refractivity contribution is 6.08. The van der Waals surface area contributed by atoms with Crippen molar-refractivity contribution in [2.24, 2.45) is 5.92 Å². The molecule has 1 saturated carbocycles. The summed E-state index contributed by atoms with van der Waals surface area (Å²) in [4.78, 5) is 50.2. The van der Waals surface area contributed by atoms with Crippen LogP contribution in [0.25, 0.3) is 0 Å². The smallest absolute Gasteiger partial charge is 0.327 e. The van der Waals surface area contributed by atoms with Crippen molar-refractivity contribution in [1.82, 2.24) is 10.2 Å². The molecule has 3 rings (SSSR count). The number of nitrogens with zero attached hydrogens (tertiary/aromatic N) is 1. The third kappa shape index (κ3) is 4.16. The normalized spacial score (nSPS) is 25.4. The van der Waals surface area contributed by atoms with Gasteiger partial charge in [0.1, 0.15) is 12.1 Å². The SMILES string of the molecule is CC1CCC2(CC1)NC(=O)N(CC(=O)O[C@@H](C)C(=O)Nc1ccccc1)C2=O. The molecule has 1 aromatic carbocycles. The van der Waals surface area contributed by atoms with E-state index >= 15 is 0 Å². The van der Waals surface area contributed by atoms with Gasteiger partial charge >= 0.3 is 12.0 Å². The van der Waals surface area contributed by atoms with Crippen LogP contribution < -0.4 is 10.6 Å². The van der Waals surface area contributed by atoms with Crippen LogP contribution in [0.4, 0.5) is 10.5 Å². The van der Waals surface area contributed by atoms with Crippen LogP contribution in [0.3, 0.4) is 0 Å². The molecular weight excluding hydrogens is 362 g/mol. The van der Waals surface area contributed by atoms with E-state index in [1.165, 1.54) is 6.92 Å². The van der Waals surface area contributed by atoms with Crippen LogP contribution in [-0.4, -0.2) is 46.9 Å². The molecule has 0 aromatic heterocycles. The predicted octanol–water partition coefficient (Wildman–Crippen LogP) is 2.06. The molecule has 1 spiro atoms. The lowest BCUT2D eigenvalue weighted by Gasteiger charge is -2.33. The van der Waals surface area contributed by atoms with Gasteiger partial charge in [-0.05, 0) is 50.7 Å². The minimum Gasteiger partial charge on any atom is -0.451 e. The fraction of sp³-hybridized carbons (Fsp3) is 0.500. The number of imide groups is 1. The maximum atomic E-state index is 12.8. The minimum absolute atomic E-state index is 0.386. The number of carbonyl (C=O) groups is 4. The number of carbonyl (C=O) groups excluding carboxylic acids is 4. The number of esters is 1. The van der Waals surface area contributed by atoms with Crippen molar-refractivity contribution in [3.63, 3.8) is 0 Å². The quantitative estimate of drug-likeness (QED) is 0.594. The molecular formula is C20H25N3O5. The molecule has 8 heteroatoms. The van der Waals surface area contributed by atoms with Crippen LogP contribution >= 0.6 is 0 Å². The molecule has 1 aromatic rings. The summed E-state index contributed by atoms with van der Waals surface area (Å²) >= 11 is 0. The van der Waals surface area contributed by atoms with Crippen molar-refractivity contribution in [3.05, 3.63) is 30.3 Å². The summed E-state index contributed by atoms with van der Waals surface area (Å²) in [5, 5.41) is 5.39. The van der Waals surface area contributed by atoms with Gasteiger partial charge in [0.05, 0.1) is 0 Å². The first kappa shape index (κ1) is 19.9. The number of nitrogens with one attached hydrogen (secondary N) is 2. The largest absolute Gasteiger partial charge is 0.451 e. The van der Waals surface area contributed by atoms with Gasteiger partial charge in [-0.25, -0.2) is 4.79 Å². The van der Waals surface area contributed by atoms with Gasteiger partial charge in [0.15, 0.2) is 6.10 Å². The molecule has 2 aliphatic rings. The highest BCUT2D eigenvalue weighted by atomic mass is 16.5. The number of urea groups is 1. The first-order valence-corrected chi connectivity index (χ1v) is 9.50. The summed E-state index contributed by atoms with van der Waals surface area (Å²) in [5.41, 5.74) is -0.321. The van der Waals surface area contributed by atoms with Gasteiger partial charge in [-0.3, -0.25) is 19.3 Å². The summed E-state index contributed by atoms with van der Waals surface area (Å²) < 4.78 is 5.11. The Morgan fingerprint density at radius 3 is 2.54 bits per heavy atom. The predicted molar refractivity (Wildman–Crippen MR) is 101 cm³/mol. The Morgan fingerprint density at radius 2 is 1.89 bits per heavy atom.